The van der Waals surface area contributed by atoms with Crippen molar-refractivity contribution in [3.05, 3.63) is 5.01 Å². The van der Waals surface area contributed by atoms with E-state index in [-0.39, 0.29) is 10.1 Å². The van der Waals surface area contributed by atoms with Crippen molar-refractivity contribution in [1.29, 1.82) is 0 Å². The Morgan fingerprint density at radius 1 is 1.60 bits per heavy atom. The van der Waals surface area contributed by atoms with E-state index in [1.807, 2.05) is 0 Å². The number of nitrogens with zero attached hydrogens (tertiary/aromatic N) is 2. The SMILES string of the molecule is Cc1nnc(NS(=O)(=O)C(C)C(N)=S)s1. The van der Waals surface area contributed by atoms with Gasteiger partial charge in [0.05, 0.1) is 4.99 Å². The molecule has 3 N–H and O–H groups in total. The molecular weight excluding hydrogens is 256 g/mol. The maximum absolute atomic E-state index is 11.6. The molecule has 1 aromatic rings. The Kier molecular flexibility index (Phi) is 3.58. The van der Waals surface area contributed by atoms with E-state index in [0.717, 1.165) is 11.3 Å². The zero-order valence-corrected chi connectivity index (χ0v) is 10.5. The predicted octanol–water partition coefficient (Wildman–Crippen LogP) is 0.263. The Balaban J connectivity index is 2.86. The molecule has 1 rings (SSSR count). The minimum atomic E-state index is -3.61. The lowest BCUT2D eigenvalue weighted by Gasteiger charge is -2.10. The van der Waals surface area contributed by atoms with Gasteiger partial charge in [0.25, 0.3) is 0 Å². The number of rotatable bonds is 4. The van der Waals surface area contributed by atoms with Crippen LogP contribution in [0.4, 0.5) is 5.13 Å². The summed E-state index contributed by atoms with van der Waals surface area (Å²) in [6, 6.07) is 0. The van der Waals surface area contributed by atoms with Gasteiger partial charge in [-0.25, -0.2) is 8.42 Å². The van der Waals surface area contributed by atoms with Gasteiger partial charge in [-0.15, -0.1) is 10.2 Å². The third-order valence-electron chi connectivity index (χ3n) is 1.62. The highest BCUT2D eigenvalue weighted by Gasteiger charge is 2.24. The standard InChI is InChI=1S/C6H10N4O2S3/c1-3(5(7)13)15(11,12)10-6-9-8-4(2)14-6/h3H,1-2H3,(H2,7,13)(H,9,10). The summed E-state index contributed by atoms with van der Waals surface area (Å²) in [6.07, 6.45) is 0. The van der Waals surface area contributed by atoms with Crippen molar-refractivity contribution in [2.24, 2.45) is 5.73 Å². The smallest absolute Gasteiger partial charge is 0.243 e. The molecule has 0 aliphatic heterocycles. The summed E-state index contributed by atoms with van der Waals surface area (Å²) in [5.41, 5.74) is 5.26. The Morgan fingerprint density at radius 2 is 2.20 bits per heavy atom. The van der Waals surface area contributed by atoms with Gasteiger partial charge in [0, 0.05) is 0 Å². The average Bonchev–Trinajstić information content (AvgIpc) is 2.48. The third kappa shape index (κ3) is 3.08. The first-order valence-electron chi connectivity index (χ1n) is 3.94. The first-order valence-corrected chi connectivity index (χ1v) is 6.71. The van der Waals surface area contributed by atoms with Crippen LogP contribution in [0, 0.1) is 6.92 Å². The number of nitrogens with one attached hydrogen (secondary N) is 1. The maximum atomic E-state index is 11.6. The number of nitrogens with two attached hydrogens (primary N) is 1. The lowest BCUT2D eigenvalue weighted by molar-refractivity contribution is 0.598. The molecule has 0 amide bonds. The van der Waals surface area contributed by atoms with E-state index in [2.05, 4.69) is 27.1 Å². The van der Waals surface area contributed by atoms with Gasteiger partial charge in [-0.2, -0.15) is 0 Å². The molecule has 0 aromatic carbocycles. The third-order valence-corrected chi connectivity index (χ3v) is 4.67. The molecule has 0 bridgehead atoms. The van der Waals surface area contributed by atoms with Crippen LogP contribution in [0.2, 0.25) is 0 Å². The molecule has 1 aromatic heterocycles. The molecule has 0 radical (unpaired) electrons. The van der Waals surface area contributed by atoms with Crippen molar-refractivity contribution < 1.29 is 8.42 Å². The maximum Gasteiger partial charge on any atom is 0.243 e. The van der Waals surface area contributed by atoms with Crippen molar-refractivity contribution in [2.75, 3.05) is 4.72 Å². The topological polar surface area (TPSA) is 98.0 Å². The van der Waals surface area contributed by atoms with E-state index in [1.165, 1.54) is 6.92 Å². The van der Waals surface area contributed by atoms with Gasteiger partial charge in [-0.1, -0.05) is 23.6 Å². The van der Waals surface area contributed by atoms with Crippen LogP contribution in [-0.2, 0) is 10.0 Å². The number of aryl methyl sites for hydroxylation is 1. The second kappa shape index (κ2) is 4.37. The zero-order chi connectivity index (χ0) is 11.6. The van der Waals surface area contributed by atoms with Crippen molar-refractivity contribution in [1.82, 2.24) is 10.2 Å². The van der Waals surface area contributed by atoms with Gasteiger partial charge >= 0.3 is 0 Å². The molecule has 1 unspecified atom stereocenters. The zero-order valence-electron chi connectivity index (χ0n) is 8.09. The van der Waals surface area contributed by atoms with Crippen molar-refractivity contribution in [3.63, 3.8) is 0 Å². The molecule has 0 fully saturated rings. The van der Waals surface area contributed by atoms with E-state index in [4.69, 9.17) is 5.73 Å². The minimum absolute atomic E-state index is 0.0799. The summed E-state index contributed by atoms with van der Waals surface area (Å²) in [5.74, 6) is 0. The first-order chi connectivity index (χ1) is 6.83. The average molecular weight is 266 g/mol. The van der Waals surface area contributed by atoms with Crippen LogP contribution in [0.25, 0.3) is 0 Å². The highest BCUT2D eigenvalue weighted by molar-refractivity contribution is 7.95. The van der Waals surface area contributed by atoms with E-state index in [1.54, 1.807) is 6.92 Å². The molecule has 1 heterocycles. The first kappa shape index (κ1) is 12.3. The second-order valence-electron chi connectivity index (χ2n) is 2.82. The Morgan fingerprint density at radius 3 is 2.60 bits per heavy atom. The van der Waals surface area contributed by atoms with Gasteiger partial charge in [-0.05, 0) is 13.8 Å². The molecular formula is C6H10N4O2S3. The lowest BCUT2D eigenvalue weighted by Crippen LogP contribution is -2.35. The summed E-state index contributed by atoms with van der Waals surface area (Å²) < 4.78 is 25.5. The van der Waals surface area contributed by atoms with Crippen LogP contribution in [0.1, 0.15) is 11.9 Å². The Bertz CT molecular complexity index is 466. The fraction of sp³-hybridized carbons (Fsp3) is 0.500. The quantitative estimate of drug-likeness (QED) is 0.759. The lowest BCUT2D eigenvalue weighted by atomic mass is 10.5. The fourth-order valence-corrected chi connectivity index (χ4v) is 2.81. The molecule has 0 spiro atoms. The second-order valence-corrected chi connectivity index (χ2v) is 6.47. The summed E-state index contributed by atoms with van der Waals surface area (Å²) in [7, 11) is -3.61. The van der Waals surface area contributed by atoms with Crippen molar-refractivity contribution in [3.8, 4) is 0 Å². The number of hydrogen-bond donors (Lipinski definition) is 2. The summed E-state index contributed by atoms with van der Waals surface area (Å²) >= 11 is 5.76. The molecule has 15 heavy (non-hydrogen) atoms. The van der Waals surface area contributed by atoms with Crippen LogP contribution < -0.4 is 10.5 Å². The van der Waals surface area contributed by atoms with Crippen molar-refractivity contribution in [2.45, 2.75) is 19.1 Å². The van der Waals surface area contributed by atoms with Crippen LogP contribution in [0.3, 0.4) is 0 Å². The van der Waals surface area contributed by atoms with E-state index >= 15 is 0 Å². The number of anilines is 1. The normalized spacial score (nSPS) is 13.5. The Labute approximate surface area is 96.9 Å². The summed E-state index contributed by atoms with van der Waals surface area (Å²) in [6.45, 7) is 3.14. The molecule has 84 valence electrons. The van der Waals surface area contributed by atoms with Crippen molar-refractivity contribution >= 4 is 43.7 Å². The number of thiocarbonyl (C=S) groups is 1. The molecule has 0 saturated heterocycles. The van der Waals surface area contributed by atoms with Crippen LogP contribution in [0.15, 0.2) is 0 Å². The van der Waals surface area contributed by atoms with E-state index in [9.17, 15) is 8.42 Å². The highest BCUT2D eigenvalue weighted by Crippen LogP contribution is 2.16. The van der Waals surface area contributed by atoms with Gasteiger partial charge in [0.1, 0.15) is 10.3 Å². The molecule has 1 atom stereocenters. The molecule has 9 heteroatoms. The highest BCUT2D eigenvalue weighted by atomic mass is 32.2. The van der Waals surface area contributed by atoms with E-state index < -0.39 is 15.3 Å². The summed E-state index contributed by atoms with van der Waals surface area (Å²) in [5, 5.41) is 7.28. The van der Waals surface area contributed by atoms with Crippen LogP contribution in [-0.4, -0.2) is 28.9 Å². The molecule has 0 aliphatic carbocycles. The predicted molar refractivity (Wildman–Crippen MR) is 63.4 cm³/mol. The largest absolute Gasteiger partial charge is 0.392 e. The van der Waals surface area contributed by atoms with Gasteiger partial charge in [0.2, 0.25) is 15.2 Å². The molecule has 0 aliphatic rings. The Hall–Kier alpha value is -0.800. The molecule has 0 saturated carbocycles. The molecule has 6 nitrogen and oxygen atoms in total. The van der Waals surface area contributed by atoms with E-state index in [0.29, 0.717) is 5.01 Å². The van der Waals surface area contributed by atoms with Gasteiger partial charge < -0.3 is 5.73 Å². The monoisotopic (exact) mass is 266 g/mol. The number of hydrogen-bond acceptors (Lipinski definition) is 6. The van der Waals surface area contributed by atoms with Gasteiger partial charge in [0.15, 0.2) is 0 Å². The summed E-state index contributed by atoms with van der Waals surface area (Å²) in [4.78, 5) is -0.0799. The van der Waals surface area contributed by atoms with Crippen LogP contribution >= 0.6 is 23.6 Å². The van der Waals surface area contributed by atoms with Crippen LogP contribution in [0.5, 0.6) is 0 Å². The fourth-order valence-electron chi connectivity index (χ4n) is 0.701. The minimum Gasteiger partial charge on any atom is -0.392 e. The number of sulfonamides is 1. The van der Waals surface area contributed by atoms with Gasteiger partial charge in [-0.3, -0.25) is 4.72 Å². The number of aromatic nitrogens is 2.